The van der Waals surface area contributed by atoms with Crippen molar-refractivity contribution < 1.29 is 10.2 Å². The lowest BCUT2D eigenvalue weighted by atomic mass is 9.87. The lowest BCUT2D eigenvalue weighted by Gasteiger charge is -2.29. The van der Waals surface area contributed by atoms with Crippen LogP contribution in [0.5, 0.6) is 0 Å². The highest BCUT2D eigenvalue weighted by Gasteiger charge is 2.47. The standard InChI is InChI=1S/C20H20ClN3O.C13H13BrClN3O/c1-14-2-4-15(5-3-14)16-6-9-18(19(21)10-16)20(25,17-7-8-17)11-24-13-22-12-23-24;14-10-3-4-11(12(15)5-10)13(19,9-1-2-9)6-18-8-16-7-17-18/h2-6,9-10,12-13,17,25H,7-8,11H2,1H3;3-5,7-9,19H,1-2,6H2. The first-order chi connectivity index (χ1) is 21.2. The predicted molar refractivity (Wildman–Crippen MR) is 174 cm³/mol. The molecule has 2 aliphatic carbocycles. The van der Waals surface area contributed by atoms with Crippen LogP contribution in [0.4, 0.5) is 0 Å². The van der Waals surface area contributed by atoms with E-state index >= 15 is 0 Å². The summed E-state index contributed by atoms with van der Waals surface area (Å²) in [4.78, 5) is 7.89. The number of aliphatic hydroxyl groups is 2. The molecule has 0 radical (unpaired) electrons. The molecule has 0 amide bonds. The topological polar surface area (TPSA) is 102 Å². The summed E-state index contributed by atoms with van der Waals surface area (Å²) in [7, 11) is 0. The second-order valence-electron chi connectivity index (χ2n) is 11.8. The lowest BCUT2D eigenvalue weighted by molar-refractivity contribution is -0.00796. The lowest BCUT2D eigenvalue weighted by Crippen LogP contribution is -2.34. The third-order valence-electron chi connectivity index (χ3n) is 8.46. The molecule has 0 spiro atoms. The van der Waals surface area contributed by atoms with Crippen molar-refractivity contribution in [3.05, 3.63) is 117 Å². The highest BCUT2D eigenvalue weighted by molar-refractivity contribution is 9.10. The van der Waals surface area contributed by atoms with Gasteiger partial charge in [-0.3, -0.25) is 0 Å². The maximum absolute atomic E-state index is 11.4. The number of benzene rings is 3. The molecule has 2 aromatic heterocycles. The van der Waals surface area contributed by atoms with Crippen molar-refractivity contribution in [1.29, 1.82) is 0 Å². The quantitative estimate of drug-likeness (QED) is 0.169. The van der Waals surface area contributed by atoms with E-state index in [4.69, 9.17) is 23.2 Å². The second-order valence-corrected chi connectivity index (χ2v) is 13.5. The molecule has 228 valence electrons. The summed E-state index contributed by atoms with van der Waals surface area (Å²) in [5.74, 6) is 0.440. The third kappa shape index (κ3) is 6.77. The molecule has 2 heterocycles. The minimum atomic E-state index is -1.02. The van der Waals surface area contributed by atoms with Gasteiger partial charge in [0.15, 0.2) is 0 Å². The molecule has 2 fully saturated rings. The molecule has 7 rings (SSSR count). The smallest absolute Gasteiger partial charge is 0.137 e. The number of rotatable bonds is 9. The van der Waals surface area contributed by atoms with E-state index < -0.39 is 11.2 Å². The van der Waals surface area contributed by atoms with Crippen LogP contribution in [0.2, 0.25) is 10.0 Å². The molecule has 11 heteroatoms. The van der Waals surface area contributed by atoms with Crippen LogP contribution < -0.4 is 0 Å². The minimum absolute atomic E-state index is 0.208. The molecule has 5 aromatic rings. The average molecular weight is 696 g/mol. The fourth-order valence-electron chi connectivity index (χ4n) is 5.75. The molecular formula is C33H33BrCl2N6O2. The van der Waals surface area contributed by atoms with Crippen molar-refractivity contribution >= 4 is 39.1 Å². The molecule has 3 aromatic carbocycles. The van der Waals surface area contributed by atoms with Gasteiger partial charge in [0.25, 0.3) is 0 Å². The van der Waals surface area contributed by atoms with Crippen LogP contribution in [0.1, 0.15) is 42.4 Å². The van der Waals surface area contributed by atoms with Gasteiger partial charge in [-0.15, -0.1) is 0 Å². The van der Waals surface area contributed by atoms with E-state index in [2.05, 4.69) is 67.3 Å². The van der Waals surface area contributed by atoms with E-state index in [9.17, 15) is 10.2 Å². The zero-order chi connectivity index (χ0) is 30.9. The summed E-state index contributed by atoms with van der Waals surface area (Å²) in [6, 6.07) is 19.9. The maximum atomic E-state index is 11.4. The van der Waals surface area contributed by atoms with Gasteiger partial charge in [-0.05, 0) is 73.8 Å². The molecule has 2 unspecified atom stereocenters. The normalized spacial score (nSPS) is 17.3. The number of aryl methyl sites for hydroxylation is 1. The molecule has 44 heavy (non-hydrogen) atoms. The molecule has 8 nitrogen and oxygen atoms in total. The Morgan fingerprint density at radius 3 is 1.64 bits per heavy atom. The first-order valence-corrected chi connectivity index (χ1v) is 16.1. The van der Waals surface area contributed by atoms with Gasteiger partial charge in [-0.25, -0.2) is 19.3 Å². The SMILES string of the molecule is Cc1ccc(-c2ccc(C(O)(Cn3cncn3)C3CC3)c(Cl)c2)cc1.OC(Cn1cncn1)(c1ccc(Br)cc1Cl)C1CC1. The fraction of sp³-hybridized carbons (Fsp3) is 0.333. The van der Waals surface area contributed by atoms with Crippen LogP contribution in [0.3, 0.4) is 0 Å². The highest BCUT2D eigenvalue weighted by Crippen LogP contribution is 2.50. The summed E-state index contributed by atoms with van der Waals surface area (Å²) in [6.07, 6.45) is 10.2. The molecular weight excluding hydrogens is 663 g/mol. The Morgan fingerprint density at radius 2 is 1.20 bits per heavy atom. The van der Waals surface area contributed by atoms with E-state index in [0.717, 1.165) is 52.4 Å². The Hall–Kier alpha value is -3.08. The van der Waals surface area contributed by atoms with Crippen LogP contribution in [0.25, 0.3) is 11.1 Å². The fourth-order valence-corrected chi connectivity index (χ4v) is 6.93. The maximum Gasteiger partial charge on any atom is 0.137 e. The van der Waals surface area contributed by atoms with Gasteiger partial charge >= 0.3 is 0 Å². The Kier molecular flexibility index (Phi) is 8.95. The molecule has 0 aliphatic heterocycles. The van der Waals surface area contributed by atoms with E-state index in [1.807, 2.05) is 36.4 Å². The molecule has 0 bridgehead atoms. The zero-order valence-corrected chi connectivity index (χ0v) is 27.3. The number of hydrogen-bond donors (Lipinski definition) is 2. The Balaban J connectivity index is 0.000000162. The Bertz CT molecular complexity index is 1710. The summed E-state index contributed by atoms with van der Waals surface area (Å²) in [5.41, 5.74) is 2.92. The minimum Gasteiger partial charge on any atom is -0.383 e. The van der Waals surface area contributed by atoms with Crippen LogP contribution >= 0.6 is 39.1 Å². The van der Waals surface area contributed by atoms with Gasteiger partial charge in [0.05, 0.1) is 13.1 Å². The Morgan fingerprint density at radius 1 is 0.727 bits per heavy atom. The first kappa shape index (κ1) is 30.9. The number of aromatic nitrogens is 6. The molecule has 2 N–H and O–H groups in total. The van der Waals surface area contributed by atoms with Crippen molar-refractivity contribution in [2.75, 3.05) is 0 Å². The van der Waals surface area contributed by atoms with Crippen LogP contribution in [-0.2, 0) is 24.3 Å². The zero-order valence-electron chi connectivity index (χ0n) is 24.2. The predicted octanol–water partition coefficient (Wildman–Crippen LogP) is 7.20. The molecule has 0 saturated heterocycles. The van der Waals surface area contributed by atoms with Crippen LogP contribution in [-0.4, -0.2) is 39.7 Å². The van der Waals surface area contributed by atoms with Gasteiger partial charge in [-0.1, -0.05) is 87.2 Å². The Labute approximate surface area is 274 Å². The molecule has 2 atom stereocenters. The van der Waals surface area contributed by atoms with Crippen molar-refractivity contribution in [2.24, 2.45) is 11.8 Å². The highest BCUT2D eigenvalue weighted by atomic mass is 79.9. The third-order valence-corrected chi connectivity index (χ3v) is 9.58. The van der Waals surface area contributed by atoms with Crippen molar-refractivity contribution in [2.45, 2.75) is 56.9 Å². The molecule has 2 saturated carbocycles. The first-order valence-electron chi connectivity index (χ1n) is 14.6. The number of nitrogens with zero attached hydrogens (tertiary/aromatic N) is 6. The average Bonchev–Trinajstić information content (AvgIpc) is 3.93. The number of halogens is 3. The summed E-state index contributed by atoms with van der Waals surface area (Å²) in [6.45, 7) is 2.81. The summed E-state index contributed by atoms with van der Waals surface area (Å²) in [5, 5.41) is 31.9. The van der Waals surface area contributed by atoms with Gasteiger partial charge in [0, 0.05) is 25.6 Å². The summed E-state index contributed by atoms with van der Waals surface area (Å²) < 4.78 is 4.22. The summed E-state index contributed by atoms with van der Waals surface area (Å²) >= 11 is 16.3. The monoisotopic (exact) mass is 694 g/mol. The van der Waals surface area contributed by atoms with Crippen molar-refractivity contribution in [3.63, 3.8) is 0 Å². The van der Waals surface area contributed by atoms with Gasteiger partial charge in [0.1, 0.15) is 36.5 Å². The van der Waals surface area contributed by atoms with Gasteiger partial charge in [0.2, 0.25) is 0 Å². The van der Waals surface area contributed by atoms with Crippen LogP contribution in [0.15, 0.2) is 90.4 Å². The van der Waals surface area contributed by atoms with Crippen molar-refractivity contribution in [1.82, 2.24) is 29.5 Å². The molecule has 2 aliphatic rings. The van der Waals surface area contributed by atoms with Crippen LogP contribution in [0, 0.1) is 18.8 Å². The van der Waals surface area contributed by atoms with Crippen molar-refractivity contribution in [3.8, 4) is 11.1 Å². The second kappa shape index (κ2) is 12.7. The van der Waals surface area contributed by atoms with E-state index in [0.29, 0.717) is 23.1 Å². The van der Waals surface area contributed by atoms with Gasteiger partial charge < -0.3 is 10.2 Å². The number of hydrogen-bond acceptors (Lipinski definition) is 6. The van der Waals surface area contributed by atoms with E-state index in [-0.39, 0.29) is 11.8 Å². The van der Waals surface area contributed by atoms with Gasteiger partial charge in [-0.2, -0.15) is 10.2 Å². The largest absolute Gasteiger partial charge is 0.383 e. The van der Waals surface area contributed by atoms with E-state index in [1.54, 1.807) is 22.0 Å². The van der Waals surface area contributed by atoms with E-state index in [1.165, 1.54) is 18.2 Å².